The maximum Gasteiger partial charge on any atom is 0.317 e. The minimum atomic E-state index is -0.207. The first kappa shape index (κ1) is 17.5. The number of carbonyl (C=O) groups is 2. The fraction of sp³-hybridized carbons (Fsp3) is 0.278. The zero-order chi connectivity index (χ0) is 17.7. The van der Waals surface area contributed by atoms with Crippen molar-refractivity contribution in [3.63, 3.8) is 0 Å². The normalized spacial score (nSPS) is 10.2. The number of pyridine rings is 1. The Balaban J connectivity index is 2.07. The number of amides is 3. The molecule has 0 saturated carbocycles. The van der Waals surface area contributed by atoms with Crippen LogP contribution in [-0.2, 0) is 6.54 Å². The van der Waals surface area contributed by atoms with Gasteiger partial charge in [0.2, 0.25) is 0 Å². The summed E-state index contributed by atoms with van der Waals surface area (Å²) in [6.07, 6.45) is 1.56. The zero-order valence-corrected chi connectivity index (χ0v) is 14.4. The summed E-state index contributed by atoms with van der Waals surface area (Å²) in [4.78, 5) is 29.6. The van der Waals surface area contributed by atoms with Gasteiger partial charge in [0.05, 0.1) is 12.2 Å². The highest BCUT2D eigenvalue weighted by Gasteiger charge is 2.10. The highest BCUT2D eigenvalue weighted by atomic mass is 16.2. The number of aromatic nitrogens is 1. The van der Waals surface area contributed by atoms with Crippen LogP contribution < -0.4 is 10.6 Å². The summed E-state index contributed by atoms with van der Waals surface area (Å²) in [5, 5.41) is 5.62. The van der Waals surface area contributed by atoms with Crippen molar-refractivity contribution in [2.45, 2.75) is 20.4 Å². The average Bonchev–Trinajstić information content (AvgIpc) is 2.55. The van der Waals surface area contributed by atoms with E-state index < -0.39 is 0 Å². The van der Waals surface area contributed by atoms with Crippen molar-refractivity contribution in [2.75, 3.05) is 19.4 Å². The molecule has 6 heteroatoms. The lowest BCUT2D eigenvalue weighted by atomic mass is 10.1. The van der Waals surface area contributed by atoms with Crippen LogP contribution in [0.15, 0.2) is 36.5 Å². The van der Waals surface area contributed by atoms with Crippen LogP contribution in [0.25, 0.3) is 0 Å². The molecular formula is C18H22N4O2. The monoisotopic (exact) mass is 326 g/mol. The first-order valence-electron chi connectivity index (χ1n) is 7.65. The Morgan fingerprint density at radius 1 is 1.12 bits per heavy atom. The second-order valence-electron chi connectivity index (χ2n) is 5.86. The van der Waals surface area contributed by atoms with Gasteiger partial charge in [0.25, 0.3) is 5.91 Å². The van der Waals surface area contributed by atoms with Gasteiger partial charge in [-0.15, -0.1) is 0 Å². The molecule has 1 aromatic carbocycles. The number of anilines is 1. The lowest BCUT2D eigenvalue weighted by molar-refractivity contribution is 0.102. The molecule has 3 amide bonds. The summed E-state index contributed by atoms with van der Waals surface area (Å²) < 4.78 is 0. The molecule has 126 valence electrons. The molecule has 24 heavy (non-hydrogen) atoms. The van der Waals surface area contributed by atoms with Gasteiger partial charge in [0.15, 0.2) is 0 Å². The highest BCUT2D eigenvalue weighted by Crippen LogP contribution is 2.17. The maximum atomic E-state index is 12.4. The fourth-order valence-corrected chi connectivity index (χ4v) is 2.19. The number of hydrogen-bond donors (Lipinski definition) is 2. The van der Waals surface area contributed by atoms with Crippen LogP contribution in [0.1, 0.15) is 27.2 Å². The molecule has 6 nitrogen and oxygen atoms in total. The van der Waals surface area contributed by atoms with Crippen LogP contribution in [0.4, 0.5) is 10.5 Å². The summed E-state index contributed by atoms with van der Waals surface area (Å²) >= 11 is 0. The third-order valence-corrected chi connectivity index (χ3v) is 3.54. The van der Waals surface area contributed by atoms with E-state index in [0.29, 0.717) is 11.3 Å². The minimum Gasteiger partial charge on any atom is -0.332 e. The van der Waals surface area contributed by atoms with E-state index in [1.54, 1.807) is 32.4 Å². The third kappa shape index (κ3) is 4.55. The lowest BCUT2D eigenvalue weighted by Gasteiger charge is -2.12. The Bertz CT molecular complexity index is 756. The molecule has 0 saturated heterocycles. The molecule has 0 unspecified atom stereocenters. The zero-order valence-electron chi connectivity index (χ0n) is 14.4. The summed E-state index contributed by atoms with van der Waals surface area (Å²) in [6.45, 7) is 4.23. The van der Waals surface area contributed by atoms with Crippen LogP contribution in [0.5, 0.6) is 0 Å². The van der Waals surface area contributed by atoms with E-state index in [4.69, 9.17) is 0 Å². The molecule has 0 bridgehead atoms. The van der Waals surface area contributed by atoms with Crippen molar-refractivity contribution in [3.05, 3.63) is 58.9 Å². The van der Waals surface area contributed by atoms with Gasteiger partial charge in [-0.2, -0.15) is 0 Å². The van der Waals surface area contributed by atoms with Crippen molar-refractivity contribution >= 4 is 17.6 Å². The van der Waals surface area contributed by atoms with Crippen molar-refractivity contribution in [1.29, 1.82) is 0 Å². The molecule has 2 aromatic rings. The Labute approximate surface area is 141 Å². The number of aryl methyl sites for hydroxylation is 2. The maximum absolute atomic E-state index is 12.4. The van der Waals surface area contributed by atoms with Gasteiger partial charge in [-0.25, -0.2) is 4.79 Å². The minimum absolute atomic E-state index is 0.204. The number of hydrogen-bond acceptors (Lipinski definition) is 3. The molecular weight excluding hydrogens is 304 g/mol. The van der Waals surface area contributed by atoms with Crippen molar-refractivity contribution < 1.29 is 9.59 Å². The van der Waals surface area contributed by atoms with Gasteiger partial charge in [-0.05, 0) is 37.6 Å². The van der Waals surface area contributed by atoms with Gasteiger partial charge < -0.3 is 15.5 Å². The van der Waals surface area contributed by atoms with Gasteiger partial charge in [0, 0.05) is 31.5 Å². The number of rotatable bonds is 4. The van der Waals surface area contributed by atoms with Crippen molar-refractivity contribution in [2.24, 2.45) is 0 Å². The summed E-state index contributed by atoms with van der Waals surface area (Å²) in [5.74, 6) is -0.204. The predicted octanol–water partition coefficient (Wildman–Crippen LogP) is 2.72. The van der Waals surface area contributed by atoms with Crippen LogP contribution in [0.2, 0.25) is 0 Å². The van der Waals surface area contributed by atoms with Crippen molar-refractivity contribution in [1.82, 2.24) is 15.2 Å². The summed E-state index contributed by atoms with van der Waals surface area (Å²) in [5.41, 5.74) is 4.06. The molecule has 0 aliphatic carbocycles. The first-order chi connectivity index (χ1) is 11.4. The van der Waals surface area contributed by atoms with E-state index in [2.05, 4.69) is 15.6 Å². The second-order valence-corrected chi connectivity index (χ2v) is 5.86. The molecule has 0 aliphatic rings. The first-order valence-corrected chi connectivity index (χ1v) is 7.65. The summed E-state index contributed by atoms with van der Waals surface area (Å²) in [6, 6.07) is 8.98. The Morgan fingerprint density at radius 2 is 1.88 bits per heavy atom. The smallest absolute Gasteiger partial charge is 0.317 e. The number of carbonyl (C=O) groups excluding carboxylic acids is 2. The molecule has 1 heterocycles. The third-order valence-electron chi connectivity index (χ3n) is 3.54. The Kier molecular flexibility index (Phi) is 5.52. The number of nitrogens with one attached hydrogen (secondary N) is 2. The molecule has 0 atom stereocenters. The van der Waals surface area contributed by atoms with Gasteiger partial charge in [0.1, 0.15) is 0 Å². The SMILES string of the molecule is Cc1ccc(NC(=O)c2ccnc(CNC(=O)N(C)C)c2)c(C)c1. The number of nitrogens with zero attached hydrogens (tertiary/aromatic N) is 2. The van der Waals surface area contributed by atoms with E-state index in [9.17, 15) is 9.59 Å². The number of benzene rings is 1. The van der Waals surface area contributed by atoms with Gasteiger partial charge in [-0.1, -0.05) is 17.7 Å². The van der Waals surface area contributed by atoms with E-state index in [1.165, 1.54) is 4.90 Å². The van der Waals surface area contributed by atoms with E-state index >= 15 is 0 Å². The molecule has 0 fully saturated rings. The summed E-state index contributed by atoms with van der Waals surface area (Å²) in [7, 11) is 3.33. The molecule has 1 aromatic heterocycles. The van der Waals surface area contributed by atoms with E-state index in [-0.39, 0.29) is 18.5 Å². The lowest BCUT2D eigenvalue weighted by Crippen LogP contribution is -2.34. The predicted molar refractivity (Wildman–Crippen MR) is 94.0 cm³/mol. The molecule has 0 radical (unpaired) electrons. The fourth-order valence-electron chi connectivity index (χ4n) is 2.19. The quantitative estimate of drug-likeness (QED) is 0.907. The van der Waals surface area contributed by atoms with Crippen LogP contribution in [0, 0.1) is 13.8 Å². The molecule has 0 aliphatic heterocycles. The molecule has 2 rings (SSSR count). The topological polar surface area (TPSA) is 74.3 Å². The van der Waals surface area contributed by atoms with Crippen molar-refractivity contribution in [3.8, 4) is 0 Å². The highest BCUT2D eigenvalue weighted by molar-refractivity contribution is 6.04. The van der Waals surface area contributed by atoms with E-state index in [0.717, 1.165) is 16.8 Å². The Hall–Kier alpha value is -2.89. The largest absolute Gasteiger partial charge is 0.332 e. The Morgan fingerprint density at radius 3 is 2.54 bits per heavy atom. The molecule has 0 spiro atoms. The van der Waals surface area contributed by atoms with Crippen LogP contribution >= 0.6 is 0 Å². The second kappa shape index (κ2) is 7.59. The van der Waals surface area contributed by atoms with Gasteiger partial charge >= 0.3 is 6.03 Å². The van der Waals surface area contributed by atoms with Crippen LogP contribution in [-0.4, -0.2) is 35.9 Å². The standard InChI is InChI=1S/C18H22N4O2/c1-12-5-6-16(13(2)9-12)21-17(23)14-7-8-19-15(10-14)11-20-18(24)22(3)4/h5-10H,11H2,1-4H3,(H,20,24)(H,21,23). The average molecular weight is 326 g/mol. The molecule has 2 N–H and O–H groups in total. The number of urea groups is 1. The van der Waals surface area contributed by atoms with Crippen LogP contribution in [0.3, 0.4) is 0 Å². The van der Waals surface area contributed by atoms with Gasteiger partial charge in [-0.3, -0.25) is 9.78 Å². The van der Waals surface area contributed by atoms with E-state index in [1.807, 2.05) is 32.0 Å².